The first-order chi connectivity index (χ1) is 7.89. The fourth-order valence-electron chi connectivity index (χ4n) is 1.87. The number of aromatic nitrogens is 2. The summed E-state index contributed by atoms with van der Waals surface area (Å²) in [5.41, 5.74) is 5.23. The summed E-state index contributed by atoms with van der Waals surface area (Å²) in [6.45, 7) is 0.247. The summed E-state index contributed by atoms with van der Waals surface area (Å²) in [5, 5.41) is 0. The molecule has 1 aromatic heterocycles. The molecular formula is C10H14F2N4O. The Balaban J connectivity index is 2.27. The normalized spacial score (nSPS) is 19.4. The number of hydrogen-bond donors (Lipinski definition) is 1. The van der Waals surface area contributed by atoms with Gasteiger partial charge in [0.1, 0.15) is 5.82 Å². The van der Waals surface area contributed by atoms with Gasteiger partial charge in [-0.1, -0.05) is 0 Å². The molecule has 0 saturated carbocycles. The molecule has 2 rings (SSSR count). The van der Waals surface area contributed by atoms with E-state index in [-0.39, 0.29) is 43.1 Å². The highest BCUT2D eigenvalue weighted by molar-refractivity contribution is 5.42. The monoisotopic (exact) mass is 244 g/mol. The number of anilines is 2. The number of aryl methyl sites for hydroxylation is 1. The Hall–Kier alpha value is -1.66. The first-order valence-electron chi connectivity index (χ1n) is 5.35. The highest BCUT2D eigenvalue weighted by Gasteiger charge is 2.35. The van der Waals surface area contributed by atoms with Crippen LogP contribution in [0.2, 0.25) is 0 Å². The van der Waals surface area contributed by atoms with Crippen LogP contribution in [-0.4, -0.2) is 28.6 Å². The zero-order chi connectivity index (χ0) is 12.6. The van der Waals surface area contributed by atoms with E-state index in [1.54, 1.807) is 11.9 Å². The molecule has 1 saturated heterocycles. The van der Waals surface area contributed by atoms with Crippen LogP contribution >= 0.6 is 0 Å². The molecule has 0 bridgehead atoms. The Morgan fingerprint density at radius 1 is 1.41 bits per heavy atom. The van der Waals surface area contributed by atoms with Crippen LogP contribution in [0.3, 0.4) is 0 Å². The van der Waals surface area contributed by atoms with Crippen molar-refractivity contribution < 1.29 is 8.78 Å². The number of rotatable bonds is 1. The van der Waals surface area contributed by atoms with Crippen LogP contribution in [0.1, 0.15) is 12.8 Å². The number of alkyl halides is 2. The van der Waals surface area contributed by atoms with Crippen molar-refractivity contribution in [1.82, 2.24) is 9.55 Å². The Kier molecular flexibility index (Phi) is 2.76. The van der Waals surface area contributed by atoms with Gasteiger partial charge in [-0.2, -0.15) is 0 Å². The molecular weight excluding hydrogens is 230 g/mol. The molecule has 0 aromatic carbocycles. The fourth-order valence-corrected chi connectivity index (χ4v) is 1.87. The van der Waals surface area contributed by atoms with Crippen molar-refractivity contribution in [3.8, 4) is 0 Å². The molecule has 0 aliphatic carbocycles. The van der Waals surface area contributed by atoms with Gasteiger partial charge in [0.15, 0.2) is 5.82 Å². The fraction of sp³-hybridized carbons (Fsp3) is 0.600. The van der Waals surface area contributed by atoms with E-state index >= 15 is 0 Å². The third-order valence-corrected chi connectivity index (χ3v) is 2.87. The average molecular weight is 244 g/mol. The van der Waals surface area contributed by atoms with E-state index in [1.807, 2.05) is 0 Å². The zero-order valence-corrected chi connectivity index (χ0v) is 9.49. The van der Waals surface area contributed by atoms with Crippen LogP contribution in [0.4, 0.5) is 20.4 Å². The van der Waals surface area contributed by atoms with Crippen molar-refractivity contribution >= 4 is 11.6 Å². The molecule has 0 spiro atoms. The van der Waals surface area contributed by atoms with E-state index in [4.69, 9.17) is 5.73 Å². The molecule has 7 heteroatoms. The van der Waals surface area contributed by atoms with Crippen LogP contribution in [0.25, 0.3) is 0 Å². The van der Waals surface area contributed by atoms with E-state index in [0.29, 0.717) is 0 Å². The second-order valence-corrected chi connectivity index (χ2v) is 4.25. The predicted octanol–water partition coefficient (Wildman–Crippen LogP) is 0.598. The predicted molar refractivity (Wildman–Crippen MR) is 60.3 cm³/mol. The number of hydrogen-bond acceptors (Lipinski definition) is 4. The van der Waals surface area contributed by atoms with Gasteiger partial charge in [-0.25, -0.2) is 13.8 Å². The Morgan fingerprint density at radius 3 is 2.59 bits per heavy atom. The number of nitrogen functional groups attached to an aromatic ring is 1. The molecule has 17 heavy (non-hydrogen) atoms. The standard InChI is InChI=1S/C10H14F2N4O/c1-15-6-7(13)14-8(9(15)17)16-4-2-10(11,12)3-5-16/h6H,2-5,13H2,1H3. The second-order valence-electron chi connectivity index (χ2n) is 4.25. The number of piperidine rings is 1. The highest BCUT2D eigenvalue weighted by Crippen LogP contribution is 2.28. The molecule has 2 heterocycles. The van der Waals surface area contributed by atoms with Crippen LogP contribution in [0.5, 0.6) is 0 Å². The van der Waals surface area contributed by atoms with Crippen molar-refractivity contribution in [2.45, 2.75) is 18.8 Å². The van der Waals surface area contributed by atoms with Crippen LogP contribution in [0.15, 0.2) is 11.0 Å². The molecule has 1 aliphatic heterocycles. The van der Waals surface area contributed by atoms with Crippen LogP contribution < -0.4 is 16.2 Å². The summed E-state index contributed by atoms with van der Waals surface area (Å²) in [5.74, 6) is -2.27. The SMILES string of the molecule is Cn1cc(N)nc(N2CCC(F)(F)CC2)c1=O. The van der Waals surface area contributed by atoms with Gasteiger partial charge < -0.3 is 15.2 Å². The van der Waals surface area contributed by atoms with Crippen molar-refractivity contribution in [2.75, 3.05) is 23.7 Å². The lowest BCUT2D eigenvalue weighted by molar-refractivity contribution is -0.0221. The summed E-state index contributed by atoms with van der Waals surface area (Å²) in [7, 11) is 1.56. The average Bonchev–Trinajstić information content (AvgIpc) is 2.24. The van der Waals surface area contributed by atoms with Gasteiger partial charge in [0, 0.05) is 39.2 Å². The molecule has 0 amide bonds. The maximum atomic E-state index is 13.0. The van der Waals surface area contributed by atoms with Gasteiger partial charge in [0.25, 0.3) is 11.5 Å². The maximum absolute atomic E-state index is 13.0. The third kappa shape index (κ3) is 2.37. The highest BCUT2D eigenvalue weighted by atomic mass is 19.3. The number of halogens is 2. The molecule has 5 nitrogen and oxygen atoms in total. The summed E-state index contributed by atoms with van der Waals surface area (Å²) in [6, 6.07) is 0. The summed E-state index contributed by atoms with van der Waals surface area (Å²) in [4.78, 5) is 17.3. The van der Waals surface area contributed by atoms with E-state index in [2.05, 4.69) is 4.98 Å². The van der Waals surface area contributed by atoms with Crippen molar-refractivity contribution in [2.24, 2.45) is 7.05 Å². The van der Waals surface area contributed by atoms with Gasteiger partial charge in [0.2, 0.25) is 0 Å². The minimum Gasteiger partial charge on any atom is -0.382 e. The number of nitrogens with zero attached hydrogens (tertiary/aromatic N) is 3. The number of nitrogens with two attached hydrogens (primary N) is 1. The van der Waals surface area contributed by atoms with E-state index in [1.165, 1.54) is 10.8 Å². The minimum atomic E-state index is -2.64. The maximum Gasteiger partial charge on any atom is 0.293 e. The lowest BCUT2D eigenvalue weighted by Crippen LogP contribution is -2.42. The van der Waals surface area contributed by atoms with Crippen molar-refractivity contribution in [3.05, 3.63) is 16.6 Å². The van der Waals surface area contributed by atoms with Crippen LogP contribution in [0, 0.1) is 0 Å². The van der Waals surface area contributed by atoms with E-state index in [9.17, 15) is 13.6 Å². The molecule has 0 unspecified atom stereocenters. The van der Waals surface area contributed by atoms with Crippen LogP contribution in [-0.2, 0) is 7.05 Å². The first-order valence-corrected chi connectivity index (χ1v) is 5.35. The summed E-state index contributed by atoms with van der Waals surface area (Å²) < 4.78 is 27.3. The molecule has 1 fully saturated rings. The van der Waals surface area contributed by atoms with Gasteiger partial charge in [0.05, 0.1) is 0 Å². The smallest absolute Gasteiger partial charge is 0.293 e. The zero-order valence-electron chi connectivity index (χ0n) is 9.49. The van der Waals surface area contributed by atoms with Gasteiger partial charge in [-0.05, 0) is 0 Å². The summed E-state index contributed by atoms with van der Waals surface area (Å²) in [6.07, 6.45) is 0.893. The van der Waals surface area contributed by atoms with Crippen molar-refractivity contribution in [1.29, 1.82) is 0 Å². The lowest BCUT2D eigenvalue weighted by atomic mass is 10.1. The molecule has 94 valence electrons. The Bertz CT molecular complexity index is 476. The minimum absolute atomic E-state index is 0.124. The topological polar surface area (TPSA) is 64.2 Å². The Morgan fingerprint density at radius 2 is 2.00 bits per heavy atom. The first kappa shape index (κ1) is 11.8. The molecule has 1 aromatic rings. The van der Waals surface area contributed by atoms with Gasteiger partial charge >= 0.3 is 0 Å². The lowest BCUT2D eigenvalue weighted by Gasteiger charge is -2.32. The molecule has 2 N–H and O–H groups in total. The largest absolute Gasteiger partial charge is 0.382 e. The van der Waals surface area contributed by atoms with E-state index < -0.39 is 5.92 Å². The van der Waals surface area contributed by atoms with Gasteiger partial charge in [-0.15, -0.1) is 0 Å². The molecule has 1 aliphatic rings. The molecule has 0 atom stereocenters. The van der Waals surface area contributed by atoms with Crippen molar-refractivity contribution in [3.63, 3.8) is 0 Å². The summed E-state index contributed by atoms with van der Waals surface area (Å²) >= 11 is 0. The quantitative estimate of drug-likeness (QED) is 0.785. The van der Waals surface area contributed by atoms with Gasteiger partial charge in [-0.3, -0.25) is 4.79 Å². The Labute approximate surface area is 96.9 Å². The third-order valence-electron chi connectivity index (χ3n) is 2.87. The molecule has 0 radical (unpaired) electrons. The second kappa shape index (κ2) is 3.97. The van der Waals surface area contributed by atoms with E-state index in [0.717, 1.165) is 0 Å².